The fraction of sp³-hybridized carbons (Fsp3) is 0.429. The van der Waals surface area contributed by atoms with E-state index in [1.165, 1.54) is 0 Å². The van der Waals surface area contributed by atoms with Gasteiger partial charge in [-0.25, -0.2) is 0 Å². The molecular weight excluding hydrogens is 270 g/mol. The van der Waals surface area contributed by atoms with Gasteiger partial charge < -0.3 is 10.1 Å². The minimum absolute atomic E-state index is 0.0420. The van der Waals surface area contributed by atoms with Gasteiger partial charge in [0.25, 0.3) is 0 Å². The maximum absolute atomic E-state index is 12.0. The lowest BCUT2D eigenvalue weighted by molar-refractivity contribution is -0.135. The van der Waals surface area contributed by atoms with E-state index in [-0.39, 0.29) is 12.0 Å². The van der Waals surface area contributed by atoms with Gasteiger partial charge in [0.2, 0.25) is 11.7 Å². The average molecular weight is 287 g/mol. The molecule has 3 rings (SSSR count). The van der Waals surface area contributed by atoms with Crippen molar-refractivity contribution in [2.45, 2.75) is 31.9 Å². The second kappa shape index (κ2) is 6.45. The van der Waals surface area contributed by atoms with Gasteiger partial charge in [-0.1, -0.05) is 18.2 Å². The summed E-state index contributed by atoms with van der Waals surface area (Å²) >= 11 is 0. The van der Waals surface area contributed by atoms with Gasteiger partial charge >= 0.3 is 0 Å². The number of amides is 1. The fourth-order valence-corrected chi connectivity index (χ4v) is 2.35. The molecule has 2 aromatic rings. The number of tetrazole rings is 1. The largest absolute Gasteiger partial charge is 0.368 e. The summed E-state index contributed by atoms with van der Waals surface area (Å²) < 4.78 is 5.47. The molecule has 0 bridgehead atoms. The van der Waals surface area contributed by atoms with E-state index in [0.717, 1.165) is 30.4 Å². The summed E-state index contributed by atoms with van der Waals surface area (Å²) in [6.45, 7) is 1.13. The molecule has 1 aliphatic rings. The third kappa shape index (κ3) is 3.43. The number of nitrogens with zero attached hydrogens (tertiary/aromatic N) is 3. The van der Waals surface area contributed by atoms with Crippen LogP contribution in [0.25, 0.3) is 11.4 Å². The van der Waals surface area contributed by atoms with Gasteiger partial charge in [-0.3, -0.25) is 4.79 Å². The molecule has 0 saturated carbocycles. The van der Waals surface area contributed by atoms with E-state index in [4.69, 9.17) is 4.74 Å². The number of ether oxygens (including phenoxy) is 1. The monoisotopic (exact) mass is 287 g/mol. The van der Waals surface area contributed by atoms with E-state index in [1.807, 2.05) is 24.3 Å². The molecule has 0 aliphatic carbocycles. The van der Waals surface area contributed by atoms with Gasteiger partial charge in [0.15, 0.2) is 0 Å². The van der Waals surface area contributed by atoms with Gasteiger partial charge in [0.05, 0.1) is 0 Å². The lowest BCUT2D eigenvalue weighted by Crippen LogP contribution is -2.37. The Morgan fingerprint density at radius 2 is 2.38 bits per heavy atom. The van der Waals surface area contributed by atoms with Crippen molar-refractivity contribution < 1.29 is 9.53 Å². The van der Waals surface area contributed by atoms with Crippen LogP contribution < -0.4 is 5.32 Å². The van der Waals surface area contributed by atoms with E-state index in [0.29, 0.717) is 19.0 Å². The van der Waals surface area contributed by atoms with Crippen molar-refractivity contribution in [3.8, 4) is 11.4 Å². The second-order valence-corrected chi connectivity index (χ2v) is 5.01. The van der Waals surface area contributed by atoms with E-state index >= 15 is 0 Å². The summed E-state index contributed by atoms with van der Waals surface area (Å²) in [5.41, 5.74) is 1.85. The van der Waals surface area contributed by atoms with Crippen molar-refractivity contribution in [3.63, 3.8) is 0 Å². The van der Waals surface area contributed by atoms with Crippen molar-refractivity contribution in [1.29, 1.82) is 0 Å². The quantitative estimate of drug-likeness (QED) is 0.877. The number of rotatable bonds is 4. The summed E-state index contributed by atoms with van der Waals surface area (Å²) in [5.74, 6) is 0.499. The molecular formula is C14H17N5O2. The number of H-pyrrole nitrogens is 1. The molecule has 2 heterocycles. The number of benzene rings is 1. The normalized spacial score (nSPS) is 18.4. The molecule has 7 nitrogen and oxygen atoms in total. The van der Waals surface area contributed by atoms with Crippen LogP contribution in [0.3, 0.4) is 0 Å². The summed E-state index contributed by atoms with van der Waals surface area (Å²) in [4.78, 5) is 12.0. The fourth-order valence-electron chi connectivity index (χ4n) is 2.35. The number of hydrogen-bond acceptors (Lipinski definition) is 5. The highest BCUT2D eigenvalue weighted by molar-refractivity contribution is 5.80. The minimum atomic E-state index is -0.306. The summed E-state index contributed by atoms with van der Waals surface area (Å²) in [7, 11) is 0. The van der Waals surface area contributed by atoms with E-state index in [9.17, 15) is 4.79 Å². The van der Waals surface area contributed by atoms with Gasteiger partial charge in [0.1, 0.15) is 6.10 Å². The first-order valence-electron chi connectivity index (χ1n) is 7.05. The maximum atomic E-state index is 12.0. The zero-order valence-electron chi connectivity index (χ0n) is 11.6. The smallest absolute Gasteiger partial charge is 0.249 e. The SMILES string of the molecule is O=C(NCc1cccc(-c2nn[nH]n2)c1)[C@H]1CCCCO1. The Morgan fingerprint density at radius 1 is 1.43 bits per heavy atom. The Kier molecular flexibility index (Phi) is 4.20. The number of carbonyl (C=O) groups excluding carboxylic acids is 1. The first-order chi connectivity index (χ1) is 10.3. The Labute approximate surface area is 122 Å². The lowest BCUT2D eigenvalue weighted by atomic mass is 10.1. The van der Waals surface area contributed by atoms with E-state index in [2.05, 4.69) is 25.9 Å². The maximum Gasteiger partial charge on any atom is 0.249 e. The molecule has 2 N–H and O–H groups in total. The van der Waals surface area contributed by atoms with Crippen LogP contribution in [0.4, 0.5) is 0 Å². The molecule has 1 aromatic carbocycles. The minimum Gasteiger partial charge on any atom is -0.368 e. The topological polar surface area (TPSA) is 92.8 Å². The third-order valence-electron chi connectivity index (χ3n) is 3.47. The highest BCUT2D eigenvalue weighted by atomic mass is 16.5. The molecule has 0 spiro atoms. The molecule has 1 aliphatic heterocycles. The van der Waals surface area contributed by atoms with Crippen LogP contribution in [0, 0.1) is 0 Å². The Hall–Kier alpha value is -2.28. The number of aromatic nitrogens is 4. The predicted octanol–water partition coefficient (Wildman–Crippen LogP) is 1.05. The van der Waals surface area contributed by atoms with Crippen LogP contribution in [0.5, 0.6) is 0 Å². The second-order valence-electron chi connectivity index (χ2n) is 5.01. The first-order valence-corrected chi connectivity index (χ1v) is 7.05. The molecule has 7 heteroatoms. The number of carbonyl (C=O) groups is 1. The highest BCUT2D eigenvalue weighted by Gasteiger charge is 2.21. The molecule has 110 valence electrons. The highest BCUT2D eigenvalue weighted by Crippen LogP contribution is 2.16. The Morgan fingerprint density at radius 3 is 3.14 bits per heavy atom. The Bertz CT molecular complexity index is 593. The number of nitrogens with one attached hydrogen (secondary N) is 2. The van der Waals surface area contributed by atoms with Crippen LogP contribution in [0.15, 0.2) is 24.3 Å². The number of hydrogen-bond donors (Lipinski definition) is 2. The van der Waals surface area contributed by atoms with Gasteiger partial charge in [-0.15, -0.1) is 10.2 Å². The molecule has 21 heavy (non-hydrogen) atoms. The van der Waals surface area contributed by atoms with E-state index in [1.54, 1.807) is 0 Å². The standard InChI is InChI=1S/C14H17N5O2/c20-14(12-6-1-2-7-21-12)15-9-10-4-3-5-11(8-10)13-16-18-19-17-13/h3-5,8,12H,1-2,6-7,9H2,(H,15,20)(H,16,17,18,19)/t12-/m1/s1. The molecule has 1 atom stereocenters. The summed E-state index contributed by atoms with van der Waals surface area (Å²) in [5, 5.41) is 16.8. The van der Waals surface area contributed by atoms with Crippen molar-refractivity contribution in [2.24, 2.45) is 0 Å². The van der Waals surface area contributed by atoms with Crippen LogP contribution in [-0.4, -0.2) is 39.2 Å². The van der Waals surface area contributed by atoms with Crippen molar-refractivity contribution in [3.05, 3.63) is 29.8 Å². The van der Waals surface area contributed by atoms with Crippen LogP contribution >= 0.6 is 0 Å². The Balaban J connectivity index is 1.60. The molecule has 1 fully saturated rings. The molecule has 1 saturated heterocycles. The zero-order valence-corrected chi connectivity index (χ0v) is 11.6. The van der Waals surface area contributed by atoms with Gasteiger partial charge in [-0.05, 0) is 36.1 Å². The molecule has 0 radical (unpaired) electrons. The molecule has 1 amide bonds. The van der Waals surface area contributed by atoms with Crippen LogP contribution in [0.2, 0.25) is 0 Å². The molecule has 0 unspecified atom stereocenters. The third-order valence-corrected chi connectivity index (χ3v) is 3.47. The first kappa shape index (κ1) is 13.7. The molecule has 1 aromatic heterocycles. The van der Waals surface area contributed by atoms with Crippen molar-refractivity contribution >= 4 is 5.91 Å². The predicted molar refractivity (Wildman–Crippen MR) is 75.1 cm³/mol. The zero-order chi connectivity index (χ0) is 14.5. The summed E-state index contributed by atoms with van der Waals surface area (Å²) in [6, 6.07) is 7.70. The number of aromatic amines is 1. The van der Waals surface area contributed by atoms with Crippen molar-refractivity contribution in [1.82, 2.24) is 25.9 Å². The van der Waals surface area contributed by atoms with Gasteiger partial charge in [0, 0.05) is 18.7 Å². The summed E-state index contributed by atoms with van der Waals surface area (Å²) in [6.07, 6.45) is 2.58. The van der Waals surface area contributed by atoms with Crippen LogP contribution in [-0.2, 0) is 16.1 Å². The van der Waals surface area contributed by atoms with E-state index < -0.39 is 0 Å². The lowest BCUT2D eigenvalue weighted by Gasteiger charge is -2.21. The van der Waals surface area contributed by atoms with Gasteiger partial charge in [-0.2, -0.15) is 5.21 Å². The van der Waals surface area contributed by atoms with Crippen LogP contribution in [0.1, 0.15) is 24.8 Å². The average Bonchev–Trinajstić information content (AvgIpc) is 3.08. The van der Waals surface area contributed by atoms with Crippen molar-refractivity contribution in [2.75, 3.05) is 6.61 Å².